The van der Waals surface area contributed by atoms with Crippen molar-refractivity contribution in [2.45, 2.75) is 20.3 Å². The van der Waals surface area contributed by atoms with Crippen molar-refractivity contribution in [2.75, 3.05) is 0 Å². The van der Waals surface area contributed by atoms with E-state index in [0.717, 1.165) is 23.4 Å². The Kier molecular flexibility index (Phi) is 7.16. The molecule has 0 saturated carbocycles. The van der Waals surface area contributed by atoms with Crippen LogP contribution in [0.15, 0.2) is 151 Å². The Hall–Kier alpha value is -5.27. The largest absolute Gasteiger partial charge is 0.254 e. The molecule has 0 amide bonds. The second kappa shape index (κ2) is 11.4. The molecule has 1 aliphatic carbocycles. The molecular formula is C43H35N. The molecule has 0 heterocycles. The van der Waals surface area contributed by atoms with Gasteiger partial charge in [-0.25, -0.2) is 0 Å². The Morgan fingerprint density at radius 3 is 2.05 bits per heavy atom. The zero-order valence-electron chi connectivity index (χ0n) is 25.3. The molecule has 1 unspecified atom stereocenters. The first kappa shape index (κ1) is 27.6. The SMILES string of the molecule is C=CC(=NC(=C)C)c1ccc(-c2ccc3ccc(-c4c5c(c(-c6ccccc6)c6ccccc46)CC(C)C=C5)cc3c2)cc1. The monoisotopic (exact) mass is 565 g/mol. The van der Waals surface area contributed by atoms with Gasteiger partial charge in [0.25, 0.3) is 0 Å². The summed E-state index contributed by atoms with van der Waals surface area (Å²) >= 11 is 0. The molecule has 0 aliphatic heterocycles. The van der Waals surface area contributed by atoms with E-state index in [2.05, 4.69) is 152 Å². The zero-order valence-corrected chi connectivity index (χ0v) is 25.3. The van der Waals surface area contributed by atoms with Crippen molar-refractivity contribution in [1.29, 1.82) is 0 Å². The first-order valence-corrected chi connectivity index (χ1v) is 15.3. The summed E-state index contributed by atoms with van der Waals surface area (Å²) in [5.41, 5.74) is 13.0. The van der Waals surface area contributed by atoms with E-state index in [1.807, 2.05) is 6.92 Å². The standard InChI is InChI=1S/C43H35N/c1-5-41(44-28(2)3)32-20-16-30(17-21-32)34-22-18-31-19-23-35(27-36(31)26-34)43-38-14-10-9-13-37(38)42(33-11-7-6-8-12-33)40-25-29(4)15-24-39(40)43/h5-24,26-27,29H,1-2,25H2,3-4H3. The molecule has 6 aromatic rings. The average Bonchev–Trinajstić information content (AvgIpc) is 3.06. The van der Waals surface area contributed by atoms with Gasteiger partial charge in [-0.3, -0.25) is 4.99 Å². The Bertz CT molecular complexity index is 2130. The second-order valence-electron chi connectivity index (χ2n) is 11.9. The number of hydrogen-bond acceptors (Lipinski definition) is 1. The molecule has 44 heavy (non-hydrogen) atoms. The van der Waals surface area contributed by atoms with Crippen molar-refractivity contribution in [3.05, 3.63) is 163 Å². The summed E-state index contributed by atoms with van der Waals surface area (Å²) in [7, 11) is 0. The number of nitrogens with zero attached hydrogens (tertiary/aromatic N) is 1. The smallest absolute Gasteiger partial charge is 0.0698 e. The van der Waals surface area contributed by atoms with Crippen molar-refractivity contribution in [3.8, 4) is 33.4 Å². The van der Waals surface area contributed by atoms with E-state index in [0.29, 0.717) is 5.92 Å². The van der Waals surface area contributed by atoms with Crippen molar-refractivity contribution in [1.82, 2.24) is 0 Å². The van der Waals surface area contributed by atoms with Crippen LogP contribution in [0.5, 0.6) is 0 Å². The van der Waals surface area contributed by atoms with Gasteiger partial charge in [-0.05, 0) is 104 Å². The van der Waals surface area contributed by atoms with E-state index in [1.165, 1.54) is 66.1 Å². The molecule has 0 aromatic heterocycles. The van der Waals surface area contributed by atoms with Crippen LogP contribution in [0.2, 0.25) is 0 Å². The minimum Gasteiger partial charge on any atom is -0.254 e. The third-order valence-corrected chi connectivity index (χ3v) is 8.69. The van der Waals surface area contributed by atoms with Crippen molar-refractivity contribution in [3.63, 3.8) is 0 Å². The summed E-state index contributed by atoms with van der Waals surface area (Å²) < 4.78 is 0. The lowest BCUT2D eigenvalue weighted by molar-refractivity contribution is 0.719. The molecule has 0 spiro atoms. The molecule has 1 atom stereocenters. The van der Waals surface area contributed by atoms with Crippen LogP contribution in [-0.2, 0) is 6.42 Å². The van der Waals surface area contributed by atoms with E-state index in [4.69, 9.17) is 0 Å². The highest BCUT2D eigenvalue weighted by Crippen LogP contribution is 2.45. The predicted molar refractivity (Wildman–Crippen MR) is 191 cm³/mol. The molecule has 0 radical (unpaired) electrons. The van der Waals surface area contributed by atoms with Gasteiger partial charge in [0.05, 0.1) is 5.71 Å². The average molecular weight is 566 g/mol. The lowest BCUT2D eigenvalue weighted by Gasteiger charge is -2.26. The van der Waals surface area contributed by atoms with Crippen molar-refractivity contribution in [2.24, 2.45) is 10.9 Å². The van der Waals surface area contributed by atoms with Crippen molar-refractivity contribution < 1.29 is 0 Å². The minimum absolute atomic E-state index is 0.499. The van der Waals surface area contributed by atoms with Crippen LogP contribution < -0.4 is 0 Å². The van der Waals surface area contributed by atoms with Crippen LogP contribution in [0, 0.1) is 5.92 Å². The quantitative estimate of drug-likeness (QED) is 0.178. The summed E-state index contributed by atoms with van der Waals surface area (Å²) in [4.78, 5) is 4.53. The number of aliphatic imine (C=N–C) groups is 1. The normalized spacial score (nSPS) is 14.5. The first-order chi connectivity index (χ1) is 21.5. The molecule has 6 aromatic carbocycles. The summed E-state index contributed by atoms with van der Waals surface area (Å²) in [6.07, 6.45) is 7.56. The van der Waals surface area contributed by atoms with Gasteiger partial charge in [0.1, 0.15) is 0 Å². The maximum absolute atomic E-state index is 4.53. The fourth-order valence-corrected chi connectivity index (χ4v) is 6.65. The molecular weight excluding hydrogens is 530 g/mol. The molecule has 212 valence electrons. The van der Waals surface area contributed by atoms with E-state index in [1.54, 1.807) is 6.08 Å². The van der Waals surface area contributed by atoms with Gasteiger partial charge in [-0.1, -0.05) is 135 Å². The Labute approximate surface area is 260 Å². The summed E-state index contributed by atoms with van der Waals surface area (Å²) in [6.45, 7) is 12.1. The molecule has 0 N–H and O–H groups in total. The molecule has 0 bridgehead atoms. The maximum atomic E-state index is 4.53. The number of benzene rings is 6. The molecule has 1 nitrogen and oxygen atoms in total. The van der Waals surface area contributed by atoms with Gasteiger partial charge in [-0.2, -0.15) is 0 Å². The predicted octanol–water partition coefficient (Wildman–Crippen LogP) is 11.7. The summed E-state index contributed by atoms with van der Waals surface area (Å²) in [5, 5.41) is 5.08. The van der Waals surface area contributed by atoms with Crippen LogP contribution in [-0.4, -0.2) is 5.71 Å². The Balaban J connectivity index is 1.38. The van der Waals surface area contributed by atoms with Crippen LogP contribution in [0.1, 0.15) is 30.5 Å². The highest BCUT2D eigenvalue weighted by atomic mass is 14.7. The van der Waals surface area contributed by atoms with E-state index in [-0.39, 0.29) is 0 Å². The van der Waals surface area contributed by atoms with Crippen LogP contribution in [0.4, 0.5) is 0 Å². The minimum atomic E-state index is 0.499. The van der Waals surface area contributed by atoms with Gasteiger partial charge in [0, 0.05) is 11.3 Å². The van der Waals surface area contributed by atoms with Gasteiger partial charge in [0.15, 0.2) is 0 Å². The van der Waals surface area contributed by atoms with E-state index < -0.39 is 0 Å². The summed E-state index contributed by atoms with van der Waals surface area (Å²) in [6, 6.07) is 42.1. The Morgan fingerprint density at radius 1 is 0.705 bits per heavy atom. The topological polar surface area (TPSA) is 12.4 Å². The molecule has 0 fully saturated rings. The second-order valence-corrected chi connectivity index (χ2v) is 11.9. The fourth-order valence-electron chi connectivity index (χ4n) is 6.65. The number of rotatable bonds is 6. The molecule has 1 heteroatoms. The Morgan fingerprint density at radius 2 is 1.34 bits per heavy atom. The van der Waals surface area contributed by atoms with Gasteiger partial charge < -0.3 is 0 Å². The molecule has 1 aliphatic rings. The van der Waals surface area contributed by atoms with Gasteiger partial charge in [0.2, 0.25) is 0 Å². The number of hydrogen-bond donors (Lipinski definition) is 0. The third-order valence-electron chi connectivity index (χ3n) is 8.69. The fraction of sp³-hybridized carbons (Fsp3) is 0.0930. The zero-order chi connectivity index (χ0) is 30.2. The maximum Gasteiger partial charge on any atom is 0.0698 e. The lowest BCUT2D eigenvalue weighted by Crippen LogP contribution is -2.08. The highest BCUT2D eigenvalue weighted by molar-refractivity contribution is 6.11. The number of fused-ring (bicyclic) bond motifs is 3. The molecule has 7 rings (SSSR count). The van der Waals surface area contributed by atoms with Crippen LogP contribution in [0.3, 0.4) is 0 Å². The van der Waals surface area contributed by atoms with Crippen LogP contribution in [0.25, 0.3) is 61.0 Å². The molecule has 0 saturated heterocycles. The van der Waals surface area contributed by atoms with Crippen LogP contribution >= 0.6 is 0 Å². The lowest BCUT2D eigenvalue weighted by atomic mass is 9.78. The summed E-state index contributed by atoms with van der Waals surface area (Å²) in [5.74, 6) is 0.499. The number of allylic oxidation sites excluding steroid dienone is 3. The van der Waals surface area contributed by atoms with Gasteiger partial charge >= 0.3 is 0 Å². The van der Waals surface area contributed by atoms with Gasteiger partial charge in [-0.15, -0.1) is 0 Å². The third kappa shape index (κ3) is 5.01. The van der Waals surface area contributed by atoms with E-state index >= 15 is 0 Å². The first-order valence-electron chi connectivity index (χ1n) is 15.3. The highest BCUT2D eigenvalue weighted by Gasteiger charge is 2.23. The van der Waals surface area contributed by atoms with Crippen molar-refractivity contribution >= 4 is 33.3 Å². The van der Waals surface area contributed by atoms with E-state index in [9.17, 15) is 0 Å².